The third-order valence-electron chi connectivity index (χ3n) is 4.85. The first kappa shape index (κ1) is 19.2. The van der Waals surface area contributed by atoms with E-state index < -0.39 is 11.7 Å². The molecule has 0 unspecified atom stereocenters. The summed E-state index contributed by atoms with van der Waals surface area (Å²) in [5.74, 6) is 0.0512. The summed E-state index contributed by atoms with van der Waals surface area (Å²) in [6.07, 6.45) is -4.45. The van der Waals surface area contributed by atoms with Crippen LogP contribution < -0.4 is 10.5 Å². The van der Waals surface area contributed by atoms with Gasteiger partial charge in [0.1, 0.15) is 5.75 Å². The number of rotatable bonds is 5. The molecule has 4 nitrogen and oxygen atoms in total. The molecule has 0 radical (unpaired) electrons. The topological polar surface area (TPSA) is 55.6 Å². The lowest BCUT2D eigenvalue weighted by molar-refractivity contribution is -0.137. The number of nitrogens with zero attached hydrogens (tertiary/aromatic N) is 1. The van der Waals surface area contributed by atoms with Gasteiger partial charge in [-0.05, 0) is 36.2 Å². The number of hydrogen-bond acceptors (Lipinski definition) is 3. The Morgan fingerprint density at radius 3 is 2.52 bits per heavy atom. The van der Waals surface area contributed by atoms with Gasteiger partial charge in [-0.15, -0.1) is 0 Å². The van der Waals surface area contributed by atoms with Crippen molar-refractivity contribution in [3.8, 4) is 5.75 Å². The Balaban J connectivity index is 1.62. The SMILES string of the molecule is NC[C@@H]1CN(C(=O)COc2cccc(C(F)(F)F)c2)C[C@H]1c1ccccc1. The van der Waals surface area contributed by atoms with E-state index in [0.29, 0.717) is 19.6 Å². The molecule has 1 aliphatic rings. The molecule has 1 saturated heterocycles. The number of alkyl halides is 3. The quantitative estimate of drug-likeness (QED) is 0.869. The lowest BCUT2D eigenvalue weighted by Crippen LogP contribution is -2.33. The van der Waals surface area contributed by atoms with Crippen LogP contribution in [-0.4, -0.2) is 37.0 Å². The molecule has 144 valence electrons. The van der Waals surface area contributed by atoms with E-state index in [9.17, 15) is 18.0 Å². The zero-order valence-electron chi connectivity index (χ0n) is 14.7. The zero-order valence-corrected chi connectivity index (χ0v) is 14.7. The molecule has 0 aromatic heterocycles. The first-order valence-corrected chi connectivity index (χ1v) is 8.71. The molecule has 27 heavy (non-hydrogen) atoms. The Labute approximate surface area is 155 Å². The highest BCUT2D eigenvalue weighted by atomic mass is 19.4. The number of nitrogens with two attached hydrogens (primary N) is 1. The molecule has 0 saturated carbocycles. The average Bonchev–Trinajstić information content (AvgIpc) is 3.11. The van der Waals surface area contributed by atoms with Gasteiger partial charge in [-0.2, -0.15) is 13.2 Å². The van der Waals surface area contributed by atoms with Crippen LogP contribution in [0.15, 0.2) is 54.6 Å². The molecule has 1 aliphatic heterocycles. The van der Waals surface area contributed by atoms with Crippen molar-refractivity contribution in [1.29, 1.82) is 0 Å². The standard InChI is InChI=1S/C20H21F3N2O2/c21-20(22,23)16-7-4-8-17(9-16)27-13-19(26)25-11-15(10-24)18(12-25)14-5-2-1-3-6-14/h1-9,15,18H,10-13,24H2/t15-,18+/m1/s1. The average molecular weight is 378 g/mol. The molecule has 1 heterocycles. The predicted molar refractivity (Wildman–Crippen MR) is 95.2 cm³/mol. The summed E-state index contributed by atoms with van der Waals surface area (Å²) in [5, 5.41) is 0. The fourth-order valence-corrected chi connectivity index (χ4v) is 3.39. The van der Waals surface area contributed by atoms with Crippen LogP contribution in [0.1, 0.15) is 17.0 Å². The summed E-state index contributed by atoms with van der Waals surface area (Å²) in [6, 6.07) is 14.4. The van der Waals surface area contributed by atoms with Gasteiger partial charge >= 0.3 is 6.18 Å². The van der Waals surface area contributed by atoms with Gasteiger partial charge in [0.2, 0.25) is 0 Å². The molecular formula is C20H21F3N2O2. The highest BCUT2D eigenvalue weighted by molar-refractivity contribution is 5.78. The molecule has 2 N–H and O–H groups in total. The van der Waals surface area contributed by atoms with Gasteiger partial charge in [0.05, 0.1) is 5.56 Å². The summed E-state index contributed by atoms with van der Waals surface area (Å²) >= 11 is 0. The second kappa shape index (κ2) is 8.00. The molecular weight excluding hydrogens is 357 g/mol. The summed E-state index contributed by atoms with van der Waals surface area (Å²) in [6.45, 7) is 1.19. The van der Waals surface area contributed by atoms with Crippen LogP contribution in [0.3, 0.4) is 0 Å². The van der Waals surface area contributed by atoms with Gasteiger partial charge in [-0.3, -0.25) is 4.79 Å². The Bertz CT molecular complexity index is 780. The number of carbonyl (C=O) groups excluding carboxylic acids is 1. The second-order valence-corrected chi connectivity index (χ2v) is 6.63. The summed E-state index contributed by atoms with van der Waals surface area (Å²) in [4.78, 5) is 14.1. The fraction of sp³-hybridized carbons (Fsp3) is 0.350. The van der Waals surface area contributed by atoms with Crippen LogP contribution in [0.2, 0.25) is 0 Å². The lowest BCUT2D eigenvalue weighted by atomic mass is 9.89. The van der Waals surface area contributed by atoms with Crippen LogP contribution in [0.4, 0.5) is 13.2 Å². The molecule has 2 aromatic rings. The van der Waals surface area contributed by atoms with Gasteiger partial charge in [0.25, 0.3) is 5.91 Å². The minimum absolute atomic E-state index is 0.0207. The van der Waals surface area contributed by atoms with Crippen molar-refractivity contribution in [2.45, 2.75) is 12.1 Å². The molecule has 7 heteroatoms. The molecule has 2 aromatic carbocycles. The van der Waals surface area contributed by atoms with E-state index in [4.69, 9.17) is 10.5 Å². The largest absolute Gasteiger partial charge is 0.484 e. The minimum Gasteiger partial charge on any atom is -0.484 e. The van der Waals surface area contributed by atoms with Crippen molar-refractivity contribution in [3.63, 3.8) is 0 Å². The van der Waals surface area contributed by atoms with Gasteiger partial charge in [-0.25, -0.2) is 0 Å². The van der Waals surface area contributed by atoms with Crippen LogP contribution in [-0.2, 0) is 11.0 Å². The fourth-order valence-electron chi connectivity index (χ4n) is 3.39. The summed E-state index contributed by atoms with van der Waals surface area (Å²) in [7, 11) is 0. The third-order valence-corrected chi connectivity index (χ3v) is 4.85. The number of likely N-dealkylation sites (tertiary alicyclic amines) is 1. The Kier molecular flexibility index (Phi) is 5.70. The Morgan fingerprint density at radius 1 is 1.11 bits per heavy atom. The van der Waals surface area contributed by atoms with Crippen molar-refractivity contribution in [2.75, 3.05) is 26.2 Å². The molecule has 3 rings (SSSR count). The summed E-state index contributed by atoms with van der Waals surface area (Å²) in [5.41, 5.74) is 6.19. The molecule has 1 fully saturated rings. The van der Waals surface area contributed by atoms with Crippen LogP contribution in [0, 0.1) is 5.92 Å². The van der Waals surface area contributed by atoms with Gasteiger partial charge in [0.15, 0.2) is 6.61 Å². The number of hydrogen-bond donors (Lipinski definition) is 1. The van der Waals surface area contributed by atoms with E-state index in [-0.39, 0.29) is 30.1 Å². The Hall–Kier alpha value is -2.54. The number of benzene rings is 2. The number of ether oxygens (including phenoxy) is 1. The van der Waals surface area contributed by atoms with Gasteiger partial charge in [0, 0.05) is 19.0 Å². The van der Waals surface area contributed by atoms with Crippen molar-refractivity contribution >= 4 is 5.91 Å². The lowest BCUT2D eigenvalue weighted by Gasteiger charge is -2.17. The highest BCUT2D eigenvalue weighted by Crippen LogP contribution is 2.33. The molecule has 0 aliphatic carbocycles. The number of halogens is 3. The van der Waals surface area contributed by atoms with Crippen molar-refractivity contribution < 1.29 is 22.7 Å². The minimum atomic E-state index is -4.45. The van der Waals surface area contributed by atoms with E-state index >= 15 is 0 Å². The normalized spacial score (nSPS) is 19.9. The Morgan fingerprint density at radius 2 is 1.85 bits per heavy atom. The first-order valence-electron chi connectivity index (χ1n) is 8.71. The van der Waals surface area contributed by atoms with E-state index in [1.54, 1.807) is 4.90 Å². The van der Waals surface area contributed by atoms with Gasteiger partial charge in [-0.1, -0.05) is 36.4 Å². The van der Waals surface area contributed by atoms with Crippen molar-refractivity contribution in [1.82, 2.24) is 4.90 Å². The van der Waals surface area contributed by atoms with Crippen LogP contribution in [0.5, 0.6) is 5.75 Å². The maximum Gasteiger partial charge on any atom is 0.416 e. The van der Waals surface area contributed by atoms with Crippen LogP contribution >= 0.6 is 0 Å². The molecule has 0 spiro atoms. The van der Waals surface area contributed by atoms with Crippen molar-refractivity contribution in [2.24, 2.45) is 11.7 Å². The van der Waals surface area contributed by atoms with E-state index in [0.717, 1.165) is 17.7 Å². The number of amides is 1. The van der Waals surface area contributed by atoms with Gasteiger partial charge < -0.3 is 15.4 Å². The smallest absolute Gasteiger partial charge is 0.416 e. The maximum absolute atomic E-state index is 12.8. The highest BCUT2D eigenvalue weighted by Gasteiger charge is 2.35. The third kappa shape index (κ3) is 4.60. The van der Waals surface area contributed by atoms with E-state index in [1.807, 2.05) is 30.3 Å². The van der Waals surface area contributed by atoms with E-state index in [1.165, 1.54) is 12.1 Å². The maximum atomic E-state index is 12.8. The van der Waals surface area contributed by atoms with Crippen molar-refractivity contribution in [3.05, 3.63) is 65.7 Å². The molecule has 2 atom stereocenters. The molecule has 1 amide bonds. The number of carbonyl (C=O) groups is 1. The second-order valence-electron chi connectivity index (χ2n) is 6.63. The predicted octanol–water partition coefficient (Wildman–Crippen LogP) is 3.29. The zero-order chi connectivity index (χ0) is 19.4. The monoisotopic (exact) mass is 378 g/mol. The van der Waals surface area contributed by atoms with Crippen LogP contribution in [0.25, 0.3) is 0 Å². The van der Waals surface area contributed by atoms with E-state index in [2.05, 4.69) is 0 Å². The first-order chi connectivity index (χ1) is 12.9. The summed E-state index contributed by atoms with van der Waals surface area (Å²) < 4.78 is 43.6. The molecule has 0 bridgehead atoms.